The van der Waals surface area contributed by atoms with E-state index in [1.807, 2.05) is 0 Å². The van der Waals surface area contributed by atoms with E-state index in [0.717, 1.165) is 6.26 Å². The Morgan fingerprint density at radius 2 is 2.11 bits per heavy atom. The lowest BCUT2D eigenvalue weighted by Crippen LogP contribution is -2.48. The predicted molar refractivity (Wildman–Crippen MR) is 69.0 cm³/mol. The maximum Gasteiger partial charge on any atom is 0.305 e. The van der Waals surface area contributed by atoms with E-state index in [9.17, 15) is 18.0 Å². The molecule has 0 spiro atoms. The molecule has 1 aliphatic heterocycles. The average Bonchev–Trinajstić information content (AvgIpc) is 2.75. The molecular weight excluding hydrogens is 272 g/mol. The minimum Gasteiger partial charge on any atom is -0.481 e. The Kier molecular flexibility index (Phi) is 5.30. The lowest BCUT2D eigenvalue weighted by molar-refractivity contribution is -0.137. The van der Waals surface area contributed by atoms with Crippen molar-refractivity contribution in [1.82, 2.24) is 9.62 Å². The molecule has 1 fully saturated rings. The van der Waals surface area contributed by atoms with Gasteiger partial charge in [-0.05, 0) is 19.3 Å². The Bertz CT molecular complexity index is 448. The number of amides is 1. The maximum absolute atomic E-state index is 12.0. The van der Waals surface area contributed by atoms with Crippen molar-refractivity contribution in [1.29, 1.82) is 0 Å². The van der Waals surface area contributed by atoms with Crippen LogP contribution in [0.1, 0.15) is 32.6 Å². The van der Waals surface area contributed by atoms with E-state index in [2.05, 4.69) is 5.32 Å². The topological polar surface area (TPSA) is 104 Å². The van der Waals surface area contributed by atoms with Gasteiger partial charge >= 0.3 is 5.97 Å². The number of hydrogen-bond acceptors (Lipinski definition) is 4. The summed E-state index contributed by atoms with van der Waals surface area (Å²) in [7, 11) is -3.41. The summed E-state index contributed by atoms with van der Waals surface area (Å²) >= 11 is 0. The lowest BCUT2D eigenvalue weighted by atomic mass is 10.1. The van der Waals surface area contributed by atoms with Crippen LogP contribution < -0.4 is 5.32 Å². The number of carbonyl (C=O) groups excluding carboxylic acids is 1. The minimum absolute atomic E-state index is 0.159. The van der Waals surface area contributed by atoms with E-state index in [4.69, 9.17) is 5.11 Å². The molecule has 2 atom stereocenters. The first-order valence-electron chi connectivity index (χ1n) is 6.24. The quantitative estimate of drug-likeness (QED) is 0.704. The molecule has 0 saturated carbocycles. The fourth-order valence-electron chi connectivity index (χ4n) is 2.20. The van der Waals surface area contributed by atoms with E-state index in [0.29, 0.717) is 25.8 Å². The minimum atomic E-state index is -3.41. The van der Waals surface area contributed by atoms with Crippen LogP contribution in [0.4, 0.5) is 0 Å². The first kappa shape index (κ1) is 15.9. The lowest BCUT2D eigenvalue weighted by Gasteiger charge is -2.23. The molecule has 1 amide bonds. The second kappa shape index (κ2) is 6.33. The molecule has 8 heteroatoms. The van der Waals surface area contributed by atoms with Crippen molar-refractivity contribution >= 4 is 21.9 Å². The van der Waals surface area contributed by atoms with Crippen LogP contribution in [0.2, 0.25) is 0 Å². The van der Waals surface area contributed by atoms with Gasteiger partial charge in [0.25, 0.3) is 0 Å². The molecule has 0 aromatic carbocycles. The first-order chi connectivity index (χ1) is 8.75. The Labute approximate surface area is 113 Å². The second-order valence-corrected chi connectivity index (χ2v) is 6.68. The zero-order valence-corrected chi connectivity index (χ0v) is 11.9. The third-order valence-electron chi connectivity index (χ3n) is 3.19. The van der Waals surface area contributed by atoms with Crippen LogP contribution in [-0.2, 0) is 19.6 Å². The summed E-state index contributed by atoms with van der Waals surface area (Å²) in [6.45, 7) is 2.11. The van der Waals surface area contributed by atoms with E-state index >= 15 is 0 Å². The van der Waals surface area contributed by atoms with Crippen molar-refractivity contribution in [2.45, 2.75) is 44.7 Å². The van der Waals surface area contributed by atoms with Crippen LogP contribution in [0.15, 0.2) is 0 Å². The van der Waals surface area contributed by atoms with Gasteiger partial charge in [-0.2, -0.15) is 4.31 Å². The fourth-order valence-corrected chi connectivity index (χ4v) is 3.33. The number of carboxylic acid groups (broad SMARTS) is 1. The van der Waals surface area contributed by atoms with E-state index in [1.54, 1.807) is 6.92 Å². The molecule has 1 aliphatic rings. The SMILES string of the molecule is CCC(CC(=O)O)NC(=O)C1CCCN1S(C)(=O)=O. The number of carbonyl (C=O) groups is 2. The number of nitrogens with one attached hydrogen (secondary N) is 1. The van der Waals surface area contributed by atoms with Crippen molar-refractivity contribution in [2.24, 2.45) is 0 Å². The summed E-state index contributed by atoms with van der Waals surface area (Å²) in [4.78, 5) is 22.7. The molecule has 2 unspecified atom stereocenters. The summed E-state index contributed by atoms with van der Waals surface area (Å²) in [5, 5.41) is 11.3. The molecule has 2 N–H and O–H groups in total. The van der Waals surface area contributed by atoms with Gasteiger partial charge in [-0.15, -0.1) is 0 Å². The Hall–Kier alpha value is -1.15. The van der Waals surface area contributed by atoms with Gasteiger partial charge in [-0.1, -0.05) is 6.92 Å². The van der Waals surface area contributed by atoms with Gasteiger partial charge in [0.1, 0.15) is 6.04 Å². The average molecular weight is 292 g/mol. The Balaban J connectivity index is 2.69. The highest BCUT2D eigenvalue weighted by atomic mass is 32.2. The number of carboxylic acids is 1. The van der Waals surface area contributed by atoms with Crippen LogP contribution >= 0.6 is 0 Å². The molecule has 1 heterocycles. The molecule has 19 heavy (non-hydrogen) atoms. The van der Waals surface area contributed by atoms with Crippen molar-refractivity contribution in [3.63, 3.8) is 0 Å². The molecular formula is C11H20N2O5S. The molecule has 0 aromatic heterocycles. The standard InChI is InChI=1S/C11H20N2O5S/c1-3-8(7-10(14)15)12-11(16)9-5-4-6-13(9)19(2,17)18/h8-9H,3-7H2,1-2H3,(H,12,16)(H,14,15). The normalized spacial score (nSPS) is 22.1. The Morgan fingerprint density at radius 3 is 2.58 bits per heavy atom. The number of aliphatic carboxylic acids is 1. The molecule has 1 rings (SSSR count). The molecule has 0 aromatic rings. The second-order valence-electron chi connectivity index (χ2n) is 4.74. The molecule has 110 valence electrons. The van der Waals surface area contributed by atoms with Crippen LogP contribution in [0.5, 0.6) is 0 Å². The fraction of sp³-hybridized carbons (Fsp3) is 0.818. The zero-order chi connectivity index (χ0) is 14.6. The molecule has 1 saturated heterocycles. The predicted octanol–water partition coefficient (Wildman–Crippen LogP) is -0.220. The smallest absolute Gasteiger partial charge is 0.305 e. The third-order valence-corrected chi connectivity index (χ3v) is 4.48. The summed E-state index contributed by atoms with van der Waals surface area (Å²) in [5.41, 5.74) is 0. The highest BCUT2D eigenvalue weighted by Crippen LogP contribution is 2.20. The van der Waals surface area contributed by atoms with Crippen molar-refractivity contribution in [3.05, 3.63) is 0 Å². The van der Waals surface area contributed by atoms with Gasteiger partial charge < -0.3 is 10.4 Å². The van der Waals surface area contributed by atoms with Crippen molar-refractivity contribution < 1.29 is 23.1 Å². The van der Waals surface area contributed by atoms with Gasteiger partial charge in [0.15, 0.2) is 0 Å². The monoisotopic (exact) mass is 292 g/mol. The summed E-state index contributed by atoms with van der Waals surface area (Å²) < 4.78 is 24.2. The molecule has 0 aliphatic carbocycles. The van der Waals surface area contributed by atoms with Crippen LogP contribution in [0.3, 0.4) is 0 Å². The van der Waals surface area contributed by atoms with Gasteiger partial charge in [0.2, 0.25) is 15.9 Å². The number of rotatable bonds is 6. The van der Waals surface area contributed by atoms with E-state index in [1.165, 1.54) is 4.31 Å². The summed E-state index contributed by atoms with van der Waals surface area (Å²) in [6, 6.07) is -1.18. The van der Waals surface area contributed by atoms with Crippen molar-refractivity contribution in [2.75, 3.05) is 12.8 Å². The van der Waals surface area contributed by atoms with Gasteiger partial charge in [-0.25, -0.2) is 8.42 Å². The van der Waals surface area contributed by atoms with Crippen LogP contribution in [-0.4, -0.2) is 54.6 Å². The van der Waals surface area contributed by atoms with Gasteiger partial charge in [0.05, 0.1) is 12.7 Å². The van der Waals surface area contributed by atoms with Crippen LogP contribution in [0.25, 0.3) is 0 Å². The third kappa shape index (κ3) is 4.46. The van der Waals surface area contributed by atoms with Gasteiger partial charge in [0, 0.05) is 12.6 Å². The maximum atomic E-state index is 12.0. The summed E-state index contributed by atoms with van der Waals surface area (Å²) in [5.74, 6) is -1.39. The largest absolute Gasteiger partial charge is 0.481 e. The Morgan fingerprint density at radius 1 is 1.47 bits per heavy atom. The zero-order valence-electron chi connectivity index (χ0n) is 11.1. The first-order valence-corrected chi connectivity index (χ1v) is 8.09. The molecule has 0 bridgehead atoms. The number of nitrogens with zero attached hydrogens (tertiary/aromatic N) is 1. The molecule has 0 radical (unpaired) electrons. The van der Waals surface area contributed by atoms with E-state index in [-0.39, 0.29) is 6.42 Å². The van der Waals surface area contributed by atoms with Crippen LogP contribution in [0, 0.1) is 0 Å². The van der Waals surface area contributed by atoms with Crippen molar-refractivity contribution in [3.8, 4) is 0 Å². The highest BCUT2D eigenvalue weighted by molar-refractivity contribution is 7.88. The van der Waals surface area contributed by atoms with E-state index < -0.39 is 34.0 Å². The highest BCUT2D eigenvalue weighted by Gasteiger charge is 2.36. The summed E-state index contributed by atoms with van der Waals surface area (Å²) in [6.07, 6.45) is 2.52. The molecule has 7 nitrogen and oxygen atoms in total. The van der Waals surface area contributed by atoms with Gasteiger partial charge in [-0.3, -0.25) is 9.59 Å². The number of hydrogen-bond donors (Lipinski definition) is 2. The number of sulfonamides is 1.